The minimum Gasteiger partial charge on any atom is -0.494 e. The van der Waals surface area contributed by atoms with Gasteiger partial charge in [-0.15, -0.1) is 0 Å². The SMILES string of the molecule is CCOc1ccccc1C1Nc2c(OCCCc3ccccc3)cccc2C2C=CCC21. The van der Waals surface area contributed by atoms with Gasteiger partial charge in [0, 0.05) is 11.5 Å². The first kappa shape index (κ1) is 20.7. The van der Waals surface area contributed by atoms with Crippen molar-refractivity contribution in [3.8, 4) is 11.5 Å². The topological polar surface area (TPSA) is 30.5 Å². The second kappa shape index (κ2) is 9.52. The van der Waals surface area contributed by atoms with Crippen molar-refractivity contribution in [1.82, 2.24) is 0 Å². The molecule has 0 amide bonds. The third-order valence-corrected chi connectivity index (χ3v) is 6.62. The fourth-order valence-corrected chi connectivity index (χ4v) is 5.15. The molecule has 3 aromatic carbocycles. The second-order valence-corrected chi connectivity index (χ2v) is 8.60. The molecule has 3 aromatic rings. The lowest BCUT2D eigenvalue weighted by Gasteiger charge is -2.38. The smallest absolute Gasteiger partial charge is 0.142 e. The molecule has 1 heterocycles. The molecule has 1 aliphatic carbocycles. The Morgan fingerprint density at radius 3 is 2.50 bits per heavy atom. The molecule has 0 saturated heterocycles. The summed E-state index contributed by atoms with van der Waals surface area (Å²) in [6.07, 6.45) is 7.80. The first-order chi connectivity index (χ1) is 15.8. The zero-order chi connectivity index (χ0) is 21.8. The fraction of sp³-hybridized carbons (Fsp3) is 0.310. The van der Waals surface area contributed by atoms with Gasteiger partial charge in [-0.2, -0.15) is 0 Å². The largest absolute Gasteiger partial charge is 0.494 e. The van der Waals surface area contributed by atoms with E-state index < -0.39 is 0 Å². The van der Waals surface area contributed by atoms with Crippen molar-refractivity contribution in [2.24, 2.45) is 5.92 Å². The molecular weight excluding hydrogens is 394 g/mol. The molecule has 0 fully saturated rings. The molecule has 5 rings (SSSR count). The van der Waals surface area contributed by atoms with E-state index in [2.05, 4.69) is 90.3 Å². The van der Waals surface area contributed by atoms with Crippen LogP contribution in [0.15, 0.2) is 84.9 Å². The molecular formula is C29H31NO2. The number of nitrogens with one attached hydrogen (secondary N) is 1. The average Bonchev–Trinajstić information content (AvgIpc) is 3.33. The molecule has 0 spiro atoms. The number of aryl methyl sites for hydroxylation is 1. The van der Waals surface area contributed by atoms with Crippen LogP contribution in [0, 0.1) is 5.92 Å². The minimum atomic E-state index is 0.194. The van der Waals surface area contributed by atoms with Crippen LogP contribution >= 0.6 is 0 Å². The van der Waals surface area contributed by atoms with E-state index in [1.807, 2.05) is 6.92 Å². The van der Waals surface area contributed by atoms with Crippen molar-refractivity contribution in [3.05, 3.63) is 102 Å². The average molecular weight is 426 g/mol. The third-order valence-electron chi connectivity index (χ3n) is 6.62. The first-order valence-electron chi connectivity index (χ1n) is 11.8. The predicted molar refractivity (Wildman–Crippen MR) is 131 cm³/mol. The molecule has 3 atom stereocenters. The number of ether oxygens (including phenoxy) is 2. The summed E-state index contributed by atoms with van der Waals surface area (Å²) in [7, 11) is 0. The van der Waals surface area contributed by atoms with Gasteiger partial charge >= 0.3 is 0 Å². The van der Waals surface area contributed by atoms with E-state index in [1.165, 1.54) is 16.7 Å². The number of anilines is 1. The Labute approximate surface area is 191 Å². The highest BCUT2D eigenvalue weighted by atomic mass is 16.5. The van der Waals surface area contributed by atoms with Gasteiger partial charge in [-0.05, 0) is 55.4 Å². The van der Waals surface area contributed by atoms with Crippen LogP contribution in [0.5, 0.6) is 11.5 Å². The van der Waals surface area contributed by atoms with Crippen LogP contribution in [-0.2, 0) is 6.42 Å². The number of hydrogen-bond acceptors (Lipinski definition) is 3. The molecule has 1 aliphatic heterocycles. The normalized spacial score (nSPS) is 20.8. The van der Waals surface area contributed by atoms with Gasteiger partial charge < -0.3 is 14.8 Å². The van der Waals surface area contributed by atoms with Crippen LogP contribution in [0.25, 0.3) is 0 Å². The van der Waals surface area contributed by atoms with Crippen molar-refractivity contribution in [2.45, 2.75) is 38.1 Å². The lowest BCUT2D eigenvalue weighted by atomic mass is 9.76. The lowest BCUT2D eigenvalue weighted by Crippen LogP contribution is -2.29. The van der Waals surface area contributed by atoms with Gasteiger partial charge in [-0.25, -0.2) is 0 Å². The Balaban J connectivity index is 1.38. The molecule has 0 aromatic heterocycles. The van der Waals surface area contributed by atoms with E-state index in [4.69, 9.17) is 9.47 Å². The van der Waals surface area contributed by atoms with Gasteiger partial charge in [-0.3, -0.25) is 0 Å². The number of allylic oxidation sites excluding steroid dienone is 2. The van der Waals surface area contributed by atoms with Crippen molar-refractivity contribution in [3.63, 3.8) is 0 Å². The van der Waals surface area contributed by atoms with Crippen molar-refractivity contribution >= 4 is 5.69 Å². The summed E-state index contributed by atoms with van der Waals surface area (Å²) in [6.45, 7) is 3.42. The Morgan fingerprint density at radius 1 is 0.844 bits per heavy atom. The van der Waals surface area contributed by atoms with Crippen LogP contribution in [-0.4, -0.2) is 13.2 Å². The highest BCUT2D eigenvalue weighted by molar-refractivity contribution is 5.68. The number of rotatable bonds is 8. The molecule has 3 nitrogen and oxygen atoms in total. The number of hydrogen-bond donors (Lipinski definition) is 1. The molecule has 3 heteroatoms. The van der Waals surface area contributed by atoms with E-state index in [0.717, 1.165) is 36.4 Å². The van der Waals surface area contributed by atoms with Crippen LogP contribution in [0.1, 0.15) is 48.4 Å². The van der Waals surface area contributed by atoms with E-state index in [9.17, 15) is 0 Å². The zero-order valence-corrected chi connectivity index (χ0v) is 18.7. The minimum absolute atomic E-state index is 0.194. The summed E-state index contributed by atoms with van der Waals surface area (Å²) in [5.74, 6) is 2.81. The Kier molecular flexibility index (Phi) is 6.15. The quantitative estimate of drug-likeness (QED) is 0.314. The number of para-hydroxylation sites is 2. The maximum absolute atomic E-state index is 6.32. The molecule has 3 unspecified atom stereocenters. The summed E-state index contributed by atoms with van der Waals surface area (Å²) in [4.78, 5) is 0. The van der Waals surface area contributed by atoms with Crippen molar-refractivity contribution < 1.29 is 9.47 Å². The zero-order valence-electron chi connectivity index (χ0n) is 18.7. The van der Waals surface area contributed by atoms with E-state index in [0.29, 0.717) is 25.0 Å². The predicted octanol–water partition coefficient (Wildman–Crippen LogP) is 6.92. The maximum Gasteiger partial charge on any atom is 0.142 e. The Hall–Kier alpha value is -3.20. The summed E-state index contributed by atoms with van der Waals surface area (Å²) in [6, 6.07) is 25.7. The molecule has 0 bridgehead atoms. The van der Waals surface area contributed by atoms with E-state index >= 15 is 0 Å². The molecule has 0 radical (unpaired) electrons. The van der Waals surface area contributed by atoms with Crippen LogP contribution in [0.2, 0.25) is 0 Å². The Bertz CT molecular complexity index is 1080. The maximum atomic E-state index is 6.32. The molecule has 32 heavy (non-hydrogen) atoms. The fourth-order valence-electron chi connectivity index (χ4n) is 5.15. The van der Waals surface area contributed by atoms with Gasteiger partial charge in [0.1, 0.15) is 11.5 Å². The monoisotopic (exact) mass is 425 g/mol. The summed E-state index contributed by atoms with van der Waals surface area (Å²) in [5.41, 5.74) is 5.07. The summed E-state index contributed by atoms with van der Waals surface area (Å²) >= 11 is 0. The van der Waals surface area contributed by atoms with Crippen LogP contribution < -0.4 is 14.8 Å². The van der Waals surface area contributed by atoms with Gasteiger partial charge in [0.05, 0.1) is 24.9 Å². The van der Waals surface area contributed by atoms with Gasteiger partial charge in [0.15, 0.2) is 0 Å². The van der Waals surface area contributed by atoms with Crippen LogP contribution in [0.3, 0.4) is 0 Å². The van der Waals surface area contributed by atoms with Gasteiger partial charge in [0.25, 0.3) is 0 Å². The van der Waals surface area contributed by atoms with Crippen molar-refractivity contribution in [1.29, 1.82) is 0 Å². The summed E-state index contributed by atoms with van der Waals surface area (Å²) < 4.78 is 12.3. The molecule has 2 aliphatic rings. The second-order valence-electron chi connectivity index (χ2n) is 8.60. The first-order valence-corrected chi connectivity index (χ1v) is 11.8. The standard InChI is InChI=1S/C29H31NO2/c1-2-31-26-18-7-6-14-25(26)28-23-16-8-15-22(23)24-17-9-19-27(29(24)30-28)32-20-10-13-21-11-4-3-5-12-21/h3-9,11-12,14-15,17-19,22-23,28,30H,2,10,13,16,20H2,1H3. The summed E-state index contributed by atoms with van der Waals surface area (Å²) in [5, 5.41) is 3.87. The van der Waals surface area contributed by atoms with Crippen LogP contribution in [0.4, 0.5) is 5.69 Å². The van der Waals surface area contributed by atoms with Gasteiger partial charge in [0.2, 0.25) is 0 Å². The molecule has 164 valence electrons. The third kappa shape index (κ3) is 4.12. The number of fused-ring (bicyclic) bond motifs is 3. The van der Waals surface area contributed by atoms with Crippen molar-refractivity contribution in [2.75, 3.05) is 18.5 Å². The molecule has 0 saturated carbocycles. The lowest BCUT2D eigenvalue weighted by molar-refractivity contribution is 0.307. The van der Waals surface area contributed by atoms with Gasteiger partial charge in [-0.1, -0.05) is 72.8 Å². The van der Waals surface area contributed by atoms with E-state index in [1.54, 1.807) is 0 Å². The van der Waals surface area contributed by atoms with E-state index in [-0.39, 0.29) is 6.04 Å². The number of benzene rings is 3. The highest BCUT2D eigenvalue weighted by Crippen LogP contribution is 2.53. The Morgan fingerprint density at radius 2 is 1.62 bits per heavy atom. The highest BCUT2D eigenvalue weighted by Gasteiger charge is 2.40. The molecule has 1 N–H and O–H groups in total.